The summed E-state index contributed by atoms with van der Waals surface area (Å²) < 4.78 is 13.7. The predicted octanol–water partition coefficient (Wildman–Crippen LogP) is 3.43. The Morgan fingerprint density at radius 2 is 1.77 bits per heavy atom. The molecule has 1 amide bonds. The number of aryl methyl sites for hydroxylation is 1. The Hall–Kier alpha value is -4.07. The van der Waals surface area contributed by atoms with Gasteiger partial charge in [-0.05, 0) is 31.2 Å². The molecule has 0 unspecified atom stereocenters. The lowest BCUT2D eigenvalue weighted by Gasteiger charge is -2.13. The Morgan fingerprint density at radius 1 is 1.03 bits per heavy atom. The summed E-state index contributed by atoms with van der Waals surface area (Å²) in [5, 5.41) is 7.32. The first-order valence-electron chi connectivity index (χ1n) is 9.77. The van der Waals surface area contributed by atoms with Crippen molar-refractivity contribution >= 4 is 11.6 Å². The molecule has 2 aromatic rings. The number of benzene rings is 2. The van der Waals surface area contributed by atoms with E-state index in [1.165, 1.54) is 11.8 Å². The molecule has 0 atom stereocenters. The minimum Gasteiger partial charge on any atom is -0.493 e. The quantitative estimate of drug-likeness (QED) is 0.518. The third kappa shape index (κ3) is 3.75. The molecule has 0 spiro atoms. The number of methoxy groups -OCH3 is 2. The zero-order valence-electron chi connectivity index (χ0n) is 17.5. The average Bonchev–Trinajstić information content (AvgIpc) is 3.15. The maximum absolute atomic E-state index is 13.2. The molecule has 2 aliphatic heterocycles. The molecule has 31 heavy (non-hydrogen) atoms. The van der Waals surface area contributed by atoms with Crippen molar-refractivity contribution < 1.29 is 14.3 Å². The van der Waals surface area contributed by atoms with Crippen molar-refractivity contribution in [2.75, 3.05) is 19.5 Å². The van der Waals surface area contributed by atoms with Crippen molar-refractivity contribution in [1.29, 1.82) is 0 Å². The Morgan fingerprint density at radius 3 is 2.45 bits per heavy atom. The summed E-state index contributed by atoms with van der Waals surface area (Å²) in [5.41, 5.74) is 1.93. The minimum atomic E-state index is -0.377. The number of anilines is 1. The van der Waals surface area contributed by atoms with E-state index in [9.17, 15) is 9.59 Å². The Kier molecular flexibility index (Phi) is 5.44. The molecule has 2 aromatic carbocycles. The van der Waals surface area contributed by atoms with Crippen LogP contribution in [0.1, 0.15) is 17.3 Å². The molecule has 0 fully saturated rings. The first kappa shape index (κ1) is 20.2. The number of nitrogens with zero attached hydrogens (tertiary/aromatic N) is 3. The van der Waals surface area contributed by atoms with Crippen molar-refractivity contribution in [3.63, 3.8) is 0 Å². The van der Waals surface area contributed by atoms with E-state index in [-0.39, 0.29) is 11.5 Å². The molecule has 0 saturated heterocycles. The Bertz CT molecular complexity index is 1260. The van der Waals surface area contributed by atoms with Gasteiger partial charge in [0.1, 0.15) is 5.69 Å². The van der Waals surface area contributed by atoms with Crippen LogP contribution in [-0.4, -0.2) is 34.5 Å². The Labute approximate surface area is 179 Å². The van der Waals surface area contributed by atoms with Crippen LogP contribution in [0.25, 0.3) is 16.9 Å². The van der Waals surface area contributed by atoms with Gasteiger partial charge in [0.2, 0.25) is 0 Å². The van der Waals surface area contributed by atoms with Gasteiger partial charge in [0.15, 0.2) is 11.5 Å². The van der Waals surface area contributed by atoms with E-state index in [1.54, 1.807) is 54.4 Å². The third-order valence-corrected chi connectivity index (χ3v) is 4.97. The molecule has 0 bridgehead atoms. The second kappa shape index (κ2) is 8.35. The first-order chi connectivity index (χ1) is 15.0. The summed E-state index contributed by atoms with van der Waals surface area (Å²) in [6.07, 6.45) is 3.41. The smallest absolute Gasteiger partial charge is 0.282 e. The molecular weight excluding hydrogens is 396 g/mol. The molecule has 0 radical (unpaired) electrons. The zero-order chi connectivity index (χ0) is 22.0. The van der Waals surface area contributed by atoms with E-state index in [1.807, 2.05) is 25.1 Å². The van der Waals surface area contributed by atoms with Crippen LogP contribution in [0.2, 0.25) is 0 Å². The Balaban J connectivity index is 1.78. The number of hydrogen-bond acceptors (Lipinski definition) is 5. The van der Waals surface area contributed by atoms with Gasteiger partial charge in [-0.3, -0.25) is 9.59 Å². The van der Waals surface area contributed by atoms with E-state index in [0.717, 1.165) is 0 Å². The second-order valence-corrected chi connectivity index (χ2v) is 6.84. The summed E-state index contributed by atoms with van der Waals surface area (Å²) >= 11 is 0. The van der Waals surface area contributed by atoms with Gasteiger partial charge in [0, 0.05) is 30.7 Å². The molecule has 0 aliphatic carbocycles. The van der Waals surface area contributed by atoms with Gasteiger partial charge in [0.25, 0.3) is 11.5 Å². The summed E-state index contributed by atoms with van der Waals surface area (Å²) in [7, 11) is 3.07. The maximum atomic E-state index is 13.2. The van der Waals surface area contributed by atoms with Crippen molar-refractivity contribution in [2.45, 2.75) is 13.5 Å². The predicted molar refractivity (Wildman–Crippen MR) is 118 cm³/mol. The molecule has 158 valence electrons. The van der Waals surface area contributed by atoms with Crippen LogP contribution in [0.15, 0.2) is 65.7 Å². The van der Waals surface area contributed by atoms with Gasteiger partial charge in [-0.1, -0.05) is 18.2 Å². The van der Waals surface area contributed by atoms with Crippen LogP contribution < -0.4 is 20.3 Å². The number of ether oxygens (including phenoxy) is 2. The number of carbonyl (C=O) groups is 1. The number of hydrogen-bond donors (Lipinski definition) is 1. The first-order valence-corrected chi connectivity index (χ1v) is 9.77. The number of para-hydroxylation sites is 1. The standard InChI is InChI=1S/C23H22N4O4/c1-4-26-13-17(22(28)24-15-10-11-19(30-2)20(12-15)31-3)21-18(14-26)23(29)27(25-21)16-8-6-5-7-9-16/h5-14H,4H2,1-3H3,(H,24,28). The number of amides is 1. The summed E-state index contributed by atoms with van der Waals surface area (Å²) in [6.45, 7) is 2.54. The van der Waals surface area contributed by atoms with Gasteiger partial charge in [-0.15, -0.1) is 0 Å². The highest BCUT2D eigenvalue weighted by molar-refractivity contribution is 6.08. The molecule has 0 saturated carbocycles. The fourth-order valence-electron chi connectivity index (χ4n) is 3.37. The average molecular weight is 418 g/mol. The molecule has 2 heterocycles. The SMILES string of the molecule is CCn1cc(C(=O)Nc2ccc(OC)c(OC)c2)c2nn(-c3ccccc3)c(=O)c-2c1. The summed E-state index contributed by atoms with van der Waals surface area (Å²) in [6, 6.07) is 14.2. The van der Waals surface area contributed by atoms with Crippen LogP contribution >= 0.6 is 0 Å². The largest absolute Gasteiger partial charge is 0.493 e. The van der Waals surface area contributed by atoms with E-state index >= 15 is 0 Å². The molecule has 1 N–H and O–H groups in total. The number of rotatable bonds is 6. The van der Waals surface area contributed by atoms with Crippen LogP contribution in [0.5, 0.6) is 11.5 Å². The number of carbonyl (C=O) groups excluding carboxylic acids is 1. The summed E-state index contributed by atoms with van der Waals surface area (Å²) in [5.74, 6) is 0.680. The van der Waals surface area contributed by atoms with Crippen LogP contribution in [0, 0.1) is 0 Å². The van der Waals surface area contributed by atoms with E-state index in [2.05, 4.69) is 10.4 Å². The highest BCUT2D eigenvalue weighted by atomic mass is 16.5. The molecule has 8 heteroatoms. The van der Waals surface area contributed by atoms with Crippen molar-refractivity contribution in [2.24, 2.45) is 0 Å². The van der Waals surface area contributed by atoms with E-state index < -0.39 is 0 Å². The molecule has 8 nitrogen and oxygen atoms in total. The van der Waals surface area contributed by atoms with Crippen LogP contribution in [0.4, 0.5) is 5.69 Å². The zero-order valence-corrected chi connectivity index (χ0v) is 17.5. The number of aromatic nitrogens is 3. The van der Waals surface area contributed by atoms with Gasteiger partial charge in [-0.25, -0.2) is 0 Å². The third-order valence-electron chi connectivity index (χ3n) is 4.97. The van der Waals surface area contributed by atoms with E-state index in [0.29, 0.717) is 46.2 Å². The molecule has 2 aliphatic rings. The molecular formula is C23H22N4O4. The van der Waals surface area contributed by atoms with Crippen molar-refractivity contribution in [3.8, 4) is 28.4 Å². The van der Waals surface area contributed by atoms with Crippen molar-refractivity contribution in [3.05, 3.63) is 76.8 Å². The van der Waals surface area contributed by atoms with Crippen LogP contribution in [0.3, 0.4) is 0 Å². The lowest BCUT2D eigenvalue weighted by atomic mass is 10.1. The fraction of sp³-hybridized carbons (Fsp3) is 0.174. The van der Waals surface area contributed by atoms with Gasteiger partial charge < -0.3 is 19.4 Å². The normalized spacial score (nSPS) is 10.8. The minimum absolute atomic E-state index is 0.274. The number of nitrogens with one attached hydrogen (secondary N) is 1. The number of fused-ring (bicyclic) bond motifs is 1. The van der Waals surface area contributed by atoms with Crippen LogP contribution in [-0.2, 0) is 6.54 Å². The lowest BCUT2D eigenvalue weighted by Crippen LogP contribution is -2.17. The van der Waals surface area contributed by atoms with E-state index in [4.69, 9.17) is 9.47 Å². The van der Waals surface area contributed by atoms with Gasteiger partial charge in [0.05, 0.1) is 31.0 Å². The fourth-order valence-corrected chi connectivity index (χ4v) is 3.37. The monoisotopic (exact) mass is 418 g/mol. The van der Waals surface area contributed by atoms with Crippen molar-refractivity contribution in [1.82, 2.24) is 14.3 Å². The number of pyridine rings is 1. The second-order valence-electron chi connectivity index (χ2n) is 6.84. The highest BCUT2D eigenvalue weighted by Gasteiger charge is 2.24. The maximum Gasteiger partial charge on any atom is 0.282 e. The lowest BCUT2D eigenvalue weighted by molar-refractivity contribution is 0.102. The topological polar surface area (TPSA) is 87.4 Å². The molecule has 0 aromatic heterocycles. The highest BCUT2D eigenvalue weighted by Crippen LogP contribution is 2.30. The van der Waals surface area contributed by atoms with Gasteiger partial charge in [-0.2, -0.15) is 9.78 Å². The molecule has 4 rings (SSSR count). The van der Waals surface area contributed by atoms with Gasteiger partial charge >= 0.3 is 0 Å². The summed E-state index contributed by atoms with van der Waals surface area (Å²) in [4.78, 5) is 26.2.